The van der Waals surface area contributed by atoms with Gasteiger partial charge in [-0.25, -0.2) is 15.9 Å². The maximum atomic E-state index is 11.2. The van der Waals surface area contributed by atoms with Crippen molar-refractivity contribution in [2.75, 3.05) is 27.4 Å². The van der Waals surface area contributed by atoms with E-state index in [2.05, 4.69) is 25.6 Å². The minimum absolute atomic E-state index is 0.137. The Kier molecular flexibility index (Phi) is 8.31. The van der Waals surface area contributed by atoms with Crippen LogP contribution < -0.4 is 20.4 Å². The lowest BCUT2D eigenvalue weighted by Crippen LogP contribution is -2.23. The minimum atomic E-state index is -0.293. The highest BCUT2D eigenvalue weighted by Gasteiger charge is 2.04. The Labute approximate surface area is 127 Å². The lowest BCUT2D eigenvalue weighted by molar-refractivity contribution is -0.132. The summed E-state index contributed by atoms with van der Waals surface area (Å²) in [5.41, 5.74) is 4.37. The van der Waals surface area contributed by atoms with E-state index in [1.54, 1.807) is 12.1 Å². The van der Waals surface area contributed by atoms with Crippen LogP contribution in [0.25, 0.3) is 0 Å². The van der Waals surface area contributed by atoms with Crippen molar-refractivity contribution in [1.29, 1.82) is 0 Å². The predicted octanol–water partition coefficient (Wildman–Crippen LogP) is -0.0254. The van der Waals surface area contributed by atoms with E-state index in [1.807, 2.05) is 0 Å². The molecule has 2 amide bonds. The van der Waals surface area contributed by atoms with E-state index in [0.717, 1.165) is 0 Å². The van der Waals surface area contributed by atoms with Gasteiger partial charge in [0.2, 0.25) is 17.7 Å². The number of hydrogen-bond acceptors (Lipinski definition) is 7. The van der Waals surface area contributed by atoms with Crippen LogP contribution in [-0.4, -0.2) is 44.2 Å². The molecule has 0 fully saturated rings. The maximum Gasteiger partial charge on any atom is 0.246 e. The van der Waals surface area contributed by atoms with E-state index in [9.17, 15) is 9.59 Å². The first-order valence-corrected chi connectivity index (χ1v) is 6.51. The van der Waals surface area contributed by atoms with Crippen molar-refractivity contribution in [3.63, 3.8) is 0 Å². The lowest BCUT2D eigenvalue weighted by Gasteiger charge is -2.08. The molecular weight excluding hydrogens is 294 g/mol. The maximum absolute atomic E-state index is 11.2. The molecular formula is C13H19N3O6. The molecule has 0 aliphatic rings. The van der Waals surface area contributed by atoms with Gasteiger partial charge in [0.05, 0.1) is 40.3 Å². The van der Waals surface area contributed by atoms with Crippen molar-refractivity contribution in [3.05, 3.63) is 18.3 Å². The molecule has 0 radical (unpaired) electrons. The number of aromatic nitrogens is 1. The molecule has 0 unspecified atom stereocenters. The summed E-state index contributed by atoms with van der Waals surface area (Å²) in [5.74, 6) is 0.261. The van der Waals surface area contributed by atoms with Crippen molar-refractivity contribution in [1.82, 2.24) is 15.9 Å². The Balaban J connectivity index is 2.32. The molecule has 1 heterocycles. The summed E-state index contributed by atoms with van der Waals surface area (Å²) in [5, 5.41) is 0. The van der Waals surface area contributed by atoms with Crippen LogP contribution in [-0.2, 0) is 19.3 Å². The van der Waals surface area contributed by atoms with Crippen LogP contribution >= 0.6 is 0 Å². The third-order valence-corrected chi connectivity index (χ3v) is 2.32. The van der Waals surface area contributed by atoms with Crippen molar-refractivity contribution in [2.24, 2.45) is 0 Å². The van der Waals surface area contributed by atoms with Gasteiger partial charge in [-0.1, -0.05) is 0 Å². The standard InChI is InChI=1S/C13H19N3O6/c1-19-15-11(17)4-7-21-10-3-6-14-13(9-10)22-8-5-12(18)16-20-2/h3,6,9H,4-5,7-8H2,1-2H3,(H,15,17)(H,16,18). The van der Waals surface area contributed by atoms with E-state index in [1.165, 1.54) is 20.4 Å². The van der Waals surface area contributed by atoms with Gasteiger partial charge in [0.25, 0.3) is 0 Å². The van der Waals surface area contributed by atoms with Gasteiger partial charge in [-0.15, -0.1) is 0 Å². The molecule has 122 valence electrons. The Bertz CT molecular complexity index is 443. The summed E-state index contributed by atoms with van der Waals surface area (Å²) < 4.78 is 10.7. The van der Waals surface area contributed by atoms with Gasteiger partial charge in [0.15, 0.2) is 0 Å². The number of pyridine rings is 1. The molecule has 9 nitrogen and oxygen atoms in total. The number of ether oxygens (including phenoxy) is 2. The van der Waals surface area contributed by atoms with Gasteiger partial charge in [-0.05, 0) is 6.07 Å². The molecule has 9 heteroatoms. The van der Waals surface area contributed by atoms with Crippen LogP contribution in [0.1, 0.15) is 12.8 Å². The normalized spacial score (nSPS) is 9.91. The van der Waals surface area contributed by atoms with Gasteiger partial charge in [0.1, 0.15) is 5.75 Å². The van der Waals surface area contributed by atoms with Crippen LogP contribution in [0.4, 0.5) is 0 Å². The Morgan fingerprint density at radius 2 is 1.64 bits per heavy atom. The van der Waals surface area contributed by atoms with E-state index < -0.39 is 0 Å². The third kappa shape index (κ3) is 7.41. The summed E-state index contributed by atoms with van der Waals surface area (Å²) in [7, 11) is 2.71. The minimum Gasteiger partial charge on any atom is -0.493 e. The summed E-state index contributed by atoms with van der Waals surface area (Å²) in [6.45, 7) is 0.344. The second kappa shape index (κ2) is 10.4. The van der Waals surface area contributed by atoms with Crippen molar-refractivity contribution in [3.8, 4) is 11.6 Å². The number of carbonyl (C=O) groups is 2. The van der Waals surface area contributed by atoms with Gasteiger partial charge in [-0.2, -0.15) is 0 Å². The number of hydroxylamine groups is 2. The molecule has 0 saturated carbocycles. The zero-order chi connectivity index (χ0) is 16.2. The smallest absolute Gasteiger partial charge is 0.246 e. The molecule has 0 bridgehead atoms. The fraction of sp³-hybridized carbons (Fsp3) is 0.462. The molecule has 0 atom stereocenters. The first-order valence-electron chi connectivity index (χ1n) is 6.51. The lowest BCUT2D eigenvalue weighted by atomic mass is 10.4. The zero-order valence-electron chi connectivity index (χ0n) is 12.5. The van der Waals surface area contributed by atoms with Crippen LogP contribution in [0.15, 0.2) is 18.3 Å². The number of carbonyl (C=O) groups excluding carboxylic acids is 2. The van der Waals surface area contributed by atoms with E-state index in [-0.39, 0.29) is 37.9 Å². The molecule has 1 rings (SSSR count). The summed E-state index contributed by atoms with van der Waals surface area (Å²) in [6, 6.07) is 3.21. The van der Waals surface area contributed by atoms with Crippen molar-refractivity contribution < 1.29 is 28.7 Å². The average Bonchev–Trinajstić information content (AvgIpc) is 2.48. The van der Waals surface area contributed by atoms with Crippen LogP contribution in [0, 0.1) is 0 Å². The number of amides is 2. The van der Waals surface area contributed by atoms with Gasteiger partial charge >= 0.3 is 0 Å². The largest absolute Gasteiger partial charge is 0.493 e. The average molecular weight is 313 g/mol. The number of nitrogens with zero attached hydrogens (tertiary/aromatic N) is 1. The van der Waals surface area contributed by atoms with Gasteiger partial charge in [-0.3, -0.25) is 19.3 Å². The number of rotatable bonds is 10. The van der Waals surface area contributed by atoms with E-state index in [0.29, 0.717) is 11.6 Å². The van der Waals surface area contributed by atoms with E-state index in [4.69, 9.17) is 9.47 Å². The molecule has 0 spiro atoms. The highest BCUT2D eigenvalue weighted by molar-refractivity contribution is 5.75. The zero-order valence-corrected chi connectivity index (χ0v) is 12.5. The number of nitrogens with one attached hydrogen (secondary N) is 2. The summed E-state index contributed by atoms with van der Waals surface area (Å²) >= 11 is 0. The fourth-order valence-corrected chi connectivity index (χ4v) is 1.40. The third-order valence-electron chi connectivity index (χ3n) is 2.32. The first-order chi connectivity index (χ1) is 10.7. The Morgan fingerprint density at radius 3 is 2.23 bits per heavy atom. The van der Waals surface area contributed by atoms with Gasteiger partial charge < -0.3 is 9.47 Å². The highest BCUT2D eigenvalue weighted by atomic mass is 16.6. The van der Waals surface area contributed by atoms with Crippen molar-refractivity contribution in [2.45, 2.75) is 12.8 Å². The predicted molar refractivity (Wildman–Crippen MR) is 74.8 cm³/mol. The Morgan fingerprint density at radius 1 is 1.05 bits per heavy atom. The van der Waals surface area contributed by atoms with Crippen LogP contribution in [0.3, 0.4) is 0 Å². The van der Waals surface area contributed by atoms with Crippen LogP contribution in [0.5, 0.6) is 11.6 Å². The SMILES string of the molecule is CONC(=O)CCOc1ccnc(OCCC(=O)NOC)c1. The molecule has 0 aromatic carbocycles. The molecule has 1 aromatic rings. The van der Waals surface area contributed by atoms with Crippen molar-refractivity contribution >= 4 is 11.8 Å². The first kappa shape index (κ1) is 17.7. The molecule has 0 aliphatic heterocycles. The van der Waals surface area contributed by atoms with Gasteiger partial charge in [0, 0.05) is 12.3 Å². The van der Waals surface area contributed by atoms with Crippen LogP contribution in [0.2, 0.25) is 0 Å². The molecule has 0 saturated heterocycles. The topological polar surface area (TPSA) is 108 Å². The second-order valence-electron chi connectivity index (χ2n) is 3.99. The summed E-state index contributed by atoms with van der Waals surface area (Å²) in [4.78, 5) is 35.3. The summed E-state index contributed by atoms with van der Waals surface area (Å²) in [6.07, 6.45) is 1.80. The fourth-order valence-electron chi connectivity index (χ4n) is 1.40. The monoisotopic (exact) mass is 313 g/mol. The number of hydrogen-bond donors (Lipinski definition) is 2. The Hall–Kier alpha value is -2.39. The molecule has 0 aliphatic carbocycles. The highest BCUT2D eigenvalue weighted by Crippen LogP contribution is 2.16. The quantitative estimate of drug-likeness (QED) is 0.584. The molecule has 1 aromatic heterocycles. The van der Waals surface area contributed by atoms with E-state index >= 15 is 0 Å². The molecule has 2 N–H and O–H groups in total. The molecule has 22 heavy (non-hydrogen) atoms. The second-order valence-corrected chi connectivity index (χ2v) is 3.99.